The van der Waals surface area contributed by atoms with Gasteiger partial charge in [0.2, 0.25) is 5.91 Å². The van der Waals surface area contributed by atoms with Crippen LogP contribution in [0.25, 0.3) is 0 Å². The third-order valence-electron chi connectivity index (χ3n) is 5.96. The van der Waals surface area contributed by atoms with Gasteiger partial charge in [0.25, 0.3) is 5.08 Å². The van der Waals surface area contributed by atoms with Crippen LogP contribution in [0.4, 0.5) is 5.69 Å². The van der Waals surface area contributed by atoms with E-state index in [4.69, 9.17) is 48.5 Å². The van der Waals surface area contributed by atoms with E-state index in [9.17, 15) is 23.8 Å². The molecule has 0 bridgehead atoms. The van der Waals surface area contributed by atoms with Crippen molar-refractivity contribution in [2.75, 3.05) is 38.4 Å². The molecule has 0 fully saturated rings. The second-order valence-electron chi connectivity index (χ2n) is 8.52. The first-order valence-electron chi connectivity index (χ1n) is 11.0. The summed E-state index contributed by atoms with van der Waals surface area (Å²) < 4.78 is 22.8. The molecule has 1 aromatic rings. The van der Waals surface area contributed by atoms with Crippen molar-refractivity contribution in [1.29, 1.82) is 0 Å². The van der Waals surface area contributed by atoms with Gasteiger partial charge in [0.05, 0.1) is 17.8 Å². The van der Waals surface area contributed by atoms with E-state index >= 15 is 0 Å². The number of aliphatic hydroxyl groups is 1. The van der Waals surface area contributed by atoms with Crippen LogP contribution in [0, 0.1) is 0 Å². The minimum absolute atomic E-state index is 0. The number of unbranched alkanes of at least 4 members (excludes halogenated alkanes) is 1. The SMILES string of the molecule is CN(CCCCC(O)(P(=O)(O)O)P(=O)(O)O)C(=O)[C@@H](N)Cc1ccc([N+](C=O)(CCCl)CCCl)cc1.[NaH].[NaH].[NaH]. The summed E-state index contributed by atoms with van der Waals surface area (Å²) >= 11 is 11.7. The summed E-state index contributed by atoms with van der Waals surface area (Å²) in [6, 6.07) is 6.12. The summed E-state index contributed by atoms with van der Waals surface area (Å²) in [6.07, 6.45) is 0.0910. The number of nitrogens with two attached hydrogens (primary N) is 1. The number of nitrogens with zero attached hydrogens (tertiary/aromatic N) is 2. The van der Waals surface area contributed by atoms with Crippen molar-refractivity contribution in [2.24, 2.45) is 5.73 Å². The number of amides is 2. The first-order chi connectivity index (χ1) is 16.6. The van der Waals surface area contributed by atoms with Crippen molar-refractivity contribution >= 4 is 145 Å². The van der Waals surface area contributed by atoms with E-state index in [0.29, 0.717) is 18.8 Å². The first kappa shape index (κ1) is 45.5. The fourth-order valence-corrected chi connectivity index (χ4v) is 6.53. The van der Waals surface area contributed by atoms with E-state index in [2.05, 4.69) is 0 Å². The Morgan fingerprint density at radius 2 is 1.49 bits per heavy atom. The number of benzene rings is 1. The number of hydrogen-bond acceptors (Lipinski definition) is 6. The average molecular weight is 665 g/mol. The van der Waals surface area contributed by atoms with Crippen LogP contribution in [0.1, 0.15) is 24.8 Å². The van der Waals surface area contributed by atoms with Gasteiger partial charge in [0.15, 0.2) is 0 Å². The van der Waals surface area contributed by atoms with E-state index in [1.54, 1.807) is 24.3 Å². The molecule has 2 amide bonds. The summed E-state index contributed by atoms with van der Waals surface area (Å²) in [4.78, 5) is 62.4. The minimum atomic E-state index is -5.51. The number of likely N-dealkylation sites (N-methyl/N-ethyl adjacent to an activating group) is 1. The normalized spacial score (nSPS) is 12.8. The fraction of sp³-hybridized carbons (Fsp3) is 0.600. The zero-order valence-corrected chi connectivity index (χ0v) is 23.1. The van der Waals surface area contributed by atoms with Gasteiger partial charge in [-0.15, -0.1) is 23.2 Å². The zero-order valence-electron chi connectivity index (χ0n) is 19.8. The van der Waals surface area contributed by atoms with Gasteiger partial charge in [-0.05, 0) is 43.4 Å². The Balaban J connectivity index is -0.00000432. The monoisotopic (exact) mass is 664 g/mol. The molecule has 0 aliphatic carbocycles. The topological polar surface area (TPSA) is 199 Å². The molecule has 12 nitrogen and oxygen atoms in total. The van der Waals surface area contributed by atoms with Gasteiger partial charge in [-0.2, -0.15) is 0 Å². The molecule has 19 heteroatoms. The van der Waals surface area contributed by atoms with Crippen molar-refractivity contribution in [3.8, 4) is 0 Å². The molecule has 0 aliphatic heterocycles. The second-order valence-corrected chi connectivity index (χ2v) is 13.3. The molecule has 0 aliphatic rings. The third kappa shape index (κ3) is 12.9. The molecule has 1 rings (SSSR count). The predicted octanol–water partition coefficient (Wildman–Crippen LogP) is -0.818. The van der Waals surface area contributed by atoms with Crippen molar-refractivity contribution in [2.45, 2.75) is 36.8 Å². The summed E-state index contributed by atoms with van der Waals surface area (Å²) in [5.41, 5.74) is 7.51. The van der Waals surface area contributed by atoms with Crippen LogP contribution in [-0.2, 0) is 25.1 Å². The summed E-state index contributed by atoms with van der Waals surface area (Å²) in [6.45, 7) is 0.833. The van der Waals surface area contributed by atoms with Crippen LogP contribution in [0.2, 0.25) is 0 Å². The second kappa shape index (κ2) is 20.2. The van der Waals surface area contributed by atoms with Gasteiger partial charge in [0, 0.05) is 13.6 Å². The van der Waals surface area contributed by atoms with Crippen LogP contribution in [-0.4, -0.2) is 180 Å². The quantitative estimate of drug-likeness (QED) is 0.0324. The average Bonchev–Trinajstić information content (AvgIpc) is 2.79. The number of halogens is 2. The standard InChI is InChI=1S/C20H33Cl2N3O9P2.3Na.3H/c1-24(11-3-2-8-20(28,35(29,30)31)36(32,33)34)19(27)18(23)14-16-4-6-17(7-5-16)25(15-26,12-9-21)13-10-22;;;;;;/h4-7,15,18,28H,2-3,8-14,23H2,1H3,(H3-,29,30,31,32,33,34);;;;;;/p+1/t18-;;;;;;/m0....../s1. The maximum atomic E-state index is 12.6. The number of hydrogen-bond donors (Lipinski definition) is 6. The van der Waals surface area contributed by atoms with Gasteiger partial charge < -0.3 is 35.3 Å². The zero-order chi connectivity index (χ0) is 27.8. The summed E-state index contributed by atoms with van der Waals surface area (Å²) in [5.74, 6) is 0.115. The third-order valence-corrected chi connectivity index (χ3v) is 10.2. The van der Waals surface area contributed by atoms with Crippen LogP contribution < -0.4 is 10.2 Å². The molecule has 1 aromatic carbocycles. The first-order valence-corrected chi connectivity index (χ1v) is 15.3. The van der Waals surface area contributed by atoms with E-state index < -0.39 is 38.6 Å². The van der Waals surface area contributed by atoms with Crippen molar-refractivity contribution < 1.29 is 43.4 Å². The van der Waals surface area contributed by atoms with Crippen LogP contribution >= 0.6 is 38.4 Å². The molecular weight excluding hydrogens is 628 g/mol. The number of quaternary nitrogens is 1. The fourth-order valence-electron chi connectivity index (χ4n) is 3.67. The summed E-state index contributed by atoms with van der Waals surface area (Å²) in [5, 5.41) is 6.42. The molecule has 0 spiro atoms. The molecular formula is C20H37Cl2N3Na3O9P2+. The summed E-state index contributed by atoms with van der Waals surface area (Å²) in [7, 11) is -9.56. The molecule has 0 unspecified atom stereocenters. The molecule has 0 aromatic heterocycles. The predicted molar refractivity (Wildman–Crippen MR) is 159 cm³/mol. The Morgan fingerprint density at radius 1 is 1.03 bits per heavy atom. The molecule has 0 radical (unpaired) electrons. The van der Waals surface area contributed by atoms with E-state index in [1.165, 1.54) is 11.9 Å². The number of alkyl halides is 2. The van der Waals surface area contributed by atoms with Crippen LogP contribution in [0.5, 0.6) is 0 Å². The van der Waals surface area contributed by atoms with Crippen molar-refractivity contribution in [3.05, 3.63) is 29.8 Å². The molecule has 1 atom stereocenters. The van der Waals surface area contributed by atoms with Crippen molar-refractivity contribution in [3.63, 3.8) is 0 Å². The molecule has 212 valence electrons. The van der Waals surface area contributed by atoms with Crippen LogP contribution in [0.3, 0.4) is 0 Å². The Morgan fingerprint density at radius 3 is 1.87 bits per heavy atom. The van der Waals surface area contributed by atoms with Gasteiger partial charge in [-0.25, -0.2) is 9.28 Å². The van der Waals surface area contributed by atoms with Gasteiger partial charge >= 0.3 is 110 Å². The molecule has 7 N–H and O–H groups in total. The Labute approximate surface area is 305 Å². The number of rotatable bonds is 16. The molecule has 39 heavy (non-hydrogen) atoms. The van der Waals surface area contributed by atoms with Crippen LogP contribution in [0.15, 0.2) is 24.3 Å². The Kier molecular flexibility index (Phi) is 23.6. The maximum absolute atomic E-state index is 12.6. The van der Waals surface area contributed by atoms with E-state index in [1.807, 2.05) is 0 Å². The van der Waals surface area contributed by atoms with Crippen molar-refractivity contribution in [1.82, 2.24) is 9.38 Å². The van der Waals surface area contributed by atoms with E-state index in [0.717, 1.165) is 12.0 Å². The number of carbonyl (C=O) groups excluding carboxylic acids is 2. The Hall–Kier alpha value is 2.12. The Bertz CT molecular complexity index is 959. The van der Waals surface area contributed by atoms with Gasteiger partial charge in [-0.3, -0.25) is 13.9 Å². The number of carbonyl (C=O) groups is 2. The van der Waals surface area contributed by atoms with E-state index in [-0.39, 0.29) is 131 Å². The molecule has 0 saturated heterocycles. The van der Waals surface area contributed by atoms with Gasteiger partial charge in [0.1, 0.15) is 18.8 Å². The molecule has 0 saturated carbocycles. The molecule has 0 heterocycles. The van der Waals surface area contributed by atoms with Gasteiger partial charge in [-0.1, -0.05) is 12.1 Å².